The number of hydrogen-bond donors (Lipinski definition) is 1. The number of methoxy groups -OCH3 is 1. The van der Waals surface area contributed by atoms with Gasteiger partial charge in [0.05, 0.1) is 13.4 Å². The van der Waals surface area contributed by atoms with Crippen molar-refractivity contribution in [1.82, 2.24) is 19.9 Å². The van der Waals surface area contributed by atoms with Crippen LogP contribution in [0, 0.1) is 6.08 Å². The van der Waals surface area contributed by atoms with E-state index < -0.39 is 6.08 Å². The number of halogens is 1. The summed E-state index contributed by atoms with van der Waals surface area (Å²) >= 11 is 0. The number of anilines is 2. The third-order valence-corrected chi connectivity index (χ3v) is 4.15. The Hall–Kier alpha value is -2.70. The number of fused-ring (bicyclic) bond motifs is 2. The minimum Gasteiger partial charge on any atom is -0.497 e. The largest absolute Gasteiger partial charge is 0.497 e. The Labute approximate surface area is 132 Å². The maximum absolute atomic E-state index is 13.8. The molecule has 2 aromatic heterocycles. The van der Waals surface area contributed by atoms with Gasteiger partial charge >= 0.3 is 6.08 Å². The molecule has 0 unspecified atom stereocenters. The molecule has 6 nitrogen and oxygen atoms in total. The Morgan fingerprint density at radius 1 is 1.26 bits per heavy atom. The lowest BCUT2D eigenvalue weighted by molar-refractivity contribution is 0.414. The van der Waals surface area contributed by atoms with E-state index in [4.69, 9.17) is 4.74 Å². The standard InChI is InChI=1S/C16H16FN5O/c1-23-11-5-6-12-10(8-11)4-2-3-7-22(12)15-13-14(19-9-18-13)20-16(17)21-15/h5-6,8-9H,2-4,7H2,1H3,(H,18,19,20,21). The number of nitrogens with zero attached hydrogens (tertiary/aromatic N) is 4. The van der Waals surface area contributed by atoms with Crippen molar-refractivity contribution in [2.75, 3.05) is 18.6 Å². The molecule has 3 heterocycles. The second-order valence-electron chi connectivity index (χ2n) is 5.52. The van der Waals surface area contributed by atoms with Crippen molar-refractivity contribution < 1.29 is 9.13 Å². The monoisotopic (exact) mass is 313 g/mol. The molecule has 4 rings (SSSR count). The van der Waals surface area contributed by atoms with E-state index >= 15 is 0 Å². The second-order valence-corrected chi connectivity index (χ2v) is 5.52. The lowest BCUT2D eigenvalue weighted by Crippen LogP contribution is -2.20. The maximum Gasteiger partial charge on any atom is 0.312 e. The summed E-state index contributed by atoms with van der Waals surface area (Å²) in [5.74, 6) is 1.35. The summed E-state index contributed by atoms with van der Waals surface area (Å²) in [6, 6.07) is 5.95. The molecule has 23 heavy (non-hydrogen) atoms. The molecule has 0 atom stereocenters. The lowest BCUT2D eigenvalue weighted by atomic mass is 10.1. The van der Waals surface area contributed by atoms with Gasteiger partial charge < -0.3 is 14.6 Å². The lowest BCUT2D eigenvalue weighted by Gasteiger charge is -2.24. The highest BCUT2D eigenvalue weighted by molar-refractivity contribution is 5.86. The van der Waals surface area contributed by atoms with Gasteiger partial charge in [0.25, 0.3) is 0 Å². The fourth-order valence-corrected chi connectivity index (χ4v) is 3.07. The third-order valence-electron chi connectivity index (χ3n) is 4.15. The Balaban J connectivity index is 1.90. The van der Waals surface area contributed by atoms with Gasteiger partial charge in [-0.15, -0.1) is 0 Å². The third kappa shape index (κ3) is 2.38. The van der Waals surface area contributed by atoms with E-state index in [2.05, 4.69) is 19.9 Å². The number of imidazole rings is 1. The summed E-state index contributed by atoms with van der Waals surface area (Å²) < 4.78 is 19.1. The summed E-state index contributed by atoms with van der Waals surface area (Å²) in [4.78, 5) is 16.9. The van der Waals surface area contributed by atoms with Gasteiger partial charge in [-0.25, -0.2) is 4.98 Å². The summed E-state index contributed by atoms with van der Waals surface area (Å²) in [7, 11) is 1.66. The smallest absolute Gasteiger partial charge is 0.312 e. The predicted molar refractivity (Wildman–Crippen MR) is 84.6 cm³/mol. The summed E-state index contributed by atoms with van der Waals surface area (Å²) in [6.07, 6.45) is 3.77. The van der Waals surface area contributed by atoms with Gasteiger partial charge in [-0.2, -0.15) is 14.4 Å². The van der Waals surface area contributed by atoms with Crippen molar-refractivity contribution in [2.24, 2.45) is 0 Å². The molecule has 0 aliphatic carbocycles. The van der Waals surface area contributed by atoms with E-state index in [-0.39, 0.29) is 0 Å². The molecular formula is C16H16FN5O. The number of nitrogens with one attached hydrogen (secondary N) is 1. The van der Waals surface area contributed by atoms with E-state index in [1.807, 2.05) is 23.1 Å². The molecule has 1 aliphatic rings. The molecule has 3 aromatic rings. The molecule has 0 bridgehead atoms. The number of hydrogen-bond acceptors (Lipinski definition) is 5. The Morgan fingerprint density at radius 3 is 3.04 bits per heavy atom. The number of aromatic nitrogens is 4. The number of aryl methyl sites for hydroxylation is 1. The normalized spacial score (nSPS) is 14.6. The average molecular weight is 313 g/mol. The first-order valence-electron chi connectivity index (χ1n) is 7.57. The molecule has 7 heteroatoms. The predicted octanol–water partition coefficient (Wildman–Crippen LogP) is 2.98. The van der Waals surface area contributed by atoms with Gasteiger partial charge in [-0.05, 0) is 43.0 Å². The van der Waals surface area contributed by atoms with Gasteiger partial charge in [0, 0.05) is 12.2 Å². The maximum atomic E-state index is 13.8. The molecular weight excluding hydrogens is 297 g/mol. The molecule has 0 amide bonds. The van der Waals surface area contributed by atoms with Gasteiger partial charge in [0.2, 0.25) is 0 Å². The first kappa shape index (κ1) is 13.9. The van der Waals surface area contributed by atoms with Crippen LogP contribution in [0.5, 0.6) is 5.75 Å². The highest BCUT2D eigenvalue weighted by Gasteiger charge is 2.22. The van der Waals surface area contributed by atoms with Crippen LogP contribution in [-0.2, 0) is 6.42 Å². The minimum atomic E-state index is -0.765. The zero-order chi connectivity index (χ0) is 15.8. The molecule has 0 saturated carbocycles. The highest BCUT2D eigenvalue weighted by atomic mass is 19.1. The Kier molecular flexibility index (Phi) is 3.33. The SMILES string of the molecule is COc1ccc2c(c1)CCCCN2c1nc(F)nc2nc[nH]c12. The summed E-state index contributed by atoms with van der Waals surface area (Å²) in [6.45, 7) is 0.768. The van der Waals surface area contributed by atoms with Gasteiger partial charge in [0.15, 0.2) is 11.5 Å². The van der Waals surface area contributed by atoms with Crippen LogP contribution in [0.15, 0.2) is 24.5 Å². The van der Waals surface area contributed by atoms with Gasteiger partial charge in [-0.1, -0.05) is 0 Å². The van der Waals surface area contributed by atoms with Crippen LogP contribution in [0.2, 0.25) is 0 Å². The van der Waals surface area contributed by atoms with Crippen LogP contribution in [0.25, 0.3) is 11.2 Å². The Bertz CT molecular complexity index is 863. The molecule has 0 spiro atoms. The van der Waals surface area contributed by atoms with Crippen LogP contribution >= 0.6 is 0 Å². The molecule has 0 fully saturated rings. The summed E-state index contributed by atoms with van der Waals surface area (Å²) in [5, 5.41) is 0. The van der Waals surface area contributed by atoms with E-state index in [9.17, 15) is 4.39 Å². The minimum absolute atomic E-state index is 0.340. The van der Waals surface area contributed by atoms with Crippen molar-refractivity contribution in [3.8, 4) is 5.75 Å². The van der Waals surface area contributed by atoms with E-state index in [0.29, 0.717) is 17.0 Å². The fraction of sp³-hybridized carbons (Fsp3) is 0.312. The number of ether oxygens (including phenoxy) is 1. The molecule has 0 radical (unpaired) electrons. The van der Waals surface area contributed by atoms with E-state index in [1.54, 1.807) is 7.11 Å². The second kappa shape index (κ2) is 5.49. The summed E-state index contributed by atoms with van der Waals surface area (Å²) in [5.41, 5.74) is 3.19. The highest BCUT2D eigenvalue weighted by Crippen LogP contribution is 2.35. The quantitative estimate of drug-likeness (QED) is 0.737. The van der Waals surface area contributed by atoms with Crippen molar-refractivity contribution in [3.05, 3.63) is 36.2 Å². The van der Waals surface area contributed by atoms with Crippen molar-refractivity contribution in [2.45, 2.75) is 19.3 Å². The number of aromatic amines is 1. The molecule has 118 valence electrons. The number of rotatable bonds is 2. The Morgan fingerprint density at radius 2 is 2.17 bits per heavy atom. The van der Waals surface area contributed by atoms with Crippen LogP contribution in [0.1, 0.15) is 18.4 Å². The van der Waals surface area contributed by atoms with Crippen LogP contribution in [0.4, 0.5) is 15.9 Å². The molecule has 1 aliphatic heterocycles. The van der Waals surface area contributed by atoms with Crippen LogP contribution < -0.4 is 9.64 Å². The van der Waals surface area contributed by atoms with E-state index in [0.717, 1.165) is 37.2 Å². The van der Waals surface area contributed by atoms with Crippen LogP contribution in [0.3, 0.4) is 0 Å². The van der Waals surface area contributed by atoms with Gasteiger partial charge in [-0.3, -0.25) is 0 Å². The first-order valence-corrected chi connectivity index (χ1v) is 7.57. The fourth-order valence-electron chi connectivity index (χ4n) is 3.07. The van der Waals surface area contributed by atoms with Crippen molar-refractivity contribution in [1.29, 1.82) is 0 Å². The molecule has 1 N–H and O–H groups in total. The number of H-pyrrole nitrogens is 1. The van der Waals surface area contributed by atoms with Crippen LogP contribution in [-0.4, -0.2) is 33.6 Å². The van der Waals surface area contributed by atoms with Gasteiger partial charge in [0.1, 0.15) is 11.3 Å². The zero-order valence-corrected chi connectivity index (χ0v) is 12.7. The number of benzene rings is 1. The van der Waals surface area contributed by atoms with Crippen molar-refractivity contribution in [3.63, 3.8) is 0 Å². The van der Waals surface area contributed by atoms with Crippen molar-refractivity contribution >= 4 is 22.7 Å². The van der Waals surface area contributed by atoms with E-state index in [1.165, 1.54) is 11.9 Å². The zero-order valence-electron chi connectivity index (χ0n) is 12.7. The molecule has 1 aromatic carbocycles. The average Bonchev–Trinajstić information content (AvgIpc) is 2.92. The first-order chi connectivity index (χ1) is 11.3. The molecule has 0 saturated heterocycles. The topological polar surface area (TPSA) is 66.9 Å².